The second-order valence-electron chi connectivity index (χ2n) is 4.24. The van der Waals surface area contributed by atoms with Gasteiger partial charge in [-0.2, -0.15) is 11.8 Å². The minimum atomic E-state index is 0.586. The molecule has 0 aromatic carbocycles. The first-order chi connectivity index (χ1) is 7.24. The molecule has 0 bridgehead atoms. The van der Waals surface area contributed by atoms with Crippen molar-refractivity contribution in [3.63, 3.8) is 0 Å². The second-order valence-corrected chi connectivity index (χ2v) is 6.62. The van der Waals surface area contributed by atoms with Crippen LogP contribution >= 0.6 is 23.1 Å². The number of nitrogens with two attached hydrogens (primary N) is 1. The van der Waals surface area contributed by atoms with E-state index in [2.05, 4.69) is 17.1 Å². The molecule has 1 aromatic rings. The lowest BCUT2D eigenvalue weighted by Crippen LogP contribution is -2.15. The molecule has 0 saturated heterocycles. The van der Waals surface area contributed by atoms with Crippen LogP contribution < -0.4 is 5.73 Å². The molecule has 1 aromatic heterocycles. The smallest absolute Gasteiger partial charge is 0.203 e. The number of thioether (sulfide) groups is 1. The molecule has 3 nitrogen and oxygen atoms in total. The van der Waals surface area contributed by atoms with Crippen LogP contribution in [0.1, 0.15) is 37.6 Å². The van der Waals surface area contributed by atoms with Crippen molar-refractivity contribution in [3.8, 4) is 0 Å². The van der Waals surface area contributed by atoms with Crippen molar-refractivity contribution >= 4 is 28.2 Å². The first-order valence-electron chi connectivity index (χ1n) is 5.43. The van der Waals surface area contributed by atoms with Crippen molar-refractivity contribution in [1.29, 1.82) is 0 Å². The maximum absolute atomic E-state index is 5.55. The number of rotatable bonds is 3. The van der Waals surface area contributed by atoms with Crippen molar-refractivity contribution in [2.24, 2.45) is 5.92 Å². The van der Waals surface area contributed by atoms with Gasteiger partial charge in [-0.3, -0.25) is 0 Å². The first-order valence-corrected chi connectivity index (χ1v) is 7.30. The van der Waals surface area contributed by atoms with E-state index in [1.165, 1.54) is 37.0 Å². The molecule has 1 aliphatic rings. The molecule has 15 heavy (non-hydrogen) atoms. The molecule has 0 amide bonds. The standard InChI is InChI=1S/C10H17N3S2/c1-7-3-2-4-8(5-7)14-6-9-12-13-10(11)15-9/h7-8H,2-6H2,1H3,(H2,11,13). The van der Waals surface area contributed by atoms with Gasteiger partial charge < -0.3 is 5.73 Å². The summed E-state index contributed by atoms with van der Waals surface area (Å²) in [4.78, 5) is 0. The largest absolute Gasteiger partial charge is 0.374 e. The Morgan fingerprint density at radius 2 is 2.33 bits per heavy atom. The fourth-order valence-electron chi connectivity index (χ4n) is 2.04. The maximum Gasteiger partial charge on any atom is 0.203 e. The number of aromatic nitrogens is 2. The third kappa shape index (κ3) is 3.34. The van der Waals surface area contributed by atoms with Gasteiger partial charge in [0.05, 0.1) is 0 Å². The minimum Gasteiger partial charge on any atom is -0.374 e. The molecule has 0 aliphatic heterocycles. The zero-order valence-corrected chi connectivity index (χ0v) is 10.6. The van der Waals surface area contributed by atoms with Gasteiger partial charge >= 0.3 is 0 Å². The molecule has 0 radical (unpaired) electrons. The molecule has 2 rings (SSSR count). The van der Waals surface area contributed by atoms with Gasteiger partial charge in [-0.1, -0.05) is 31.1 Å². The van der Waals surface area contributed by atoms with Gasteiger partial charge in [-0.05, 0) is 18.8 Å². The summed E-state index contributed by atoms with van der Waals surface area (Å²) in [6.45, 7) is 2.36. The van der Waals surface area contributed by atoms with Gasteiger partial charge in [-0.15, -0.1) is 10.2 Å². The van der Waals surface area contributed by atoms with Gasteiger partial charge in [0.2, 0.25) is 5.13 Å². The summed E-state index contributed by atoms with van der Waals surface area (Å²) >= 11 is 3.53. The van der Waals surface area contributed by atoms with Gasteiger partial charge in [0.15, 0.2) is 0 Å². The van der Waals surface area contributed by atoms with Crippen LogP contribution in [0.4, 0.5) is 5.13 Å². The van der Waals surface area contributed by atoms with E-state index in [9.17, 15) is 0 Å². The van der Waals surface area contributed by atoms with E-state index in [1.807, 2.05) is 11.8 Å². The third-order valence-corrected chi connectivity index (χ3v) is 5.09. The number of nitrogen functional groups attached to an aromatic ring is 1. The normalized spacial score (nSPS) is 26.7. The van der Waals surface area contributed by atoms with Crippen LogP contribution in [0.25, 0.3) is 0 Å². The average Bonchev–Trinajstić information content (AvgIpc) is 2.62. The van der Waals surface area contributed by atoms with E-state index in [4.69, 9.17) is 5.73 Å². The molecular weight excluding hydrogens is 226 g/mol. The summed E-state index contributed by atoms with van der Waals surface area (Å²) in [6, 6.07) is 0. The predicted octanol–water partition coefficient (Wildman–Crippen LogP) is 2.93. The van der Waals surface area contributed by atoms with E-state index in [-0.39, 0.29) is 0 Å². The van der Waals surface area contributed by atoms with Gasteiger partial charge in [0, 0.05) is 11.0 Å². The van der Waals surface area contributed by atoms with Crippen molar-refractivity contribution in [3.05, 3.63) is 5.01 Å². The Bertz CT molecular complexity index is 313. The van der Waals surface area contributed by atoms with Gasteiger partial charge in [0.25, 0.3) is 0 Å². The lowest BCUT2D eigenvalue weighted by molar-refractivity contribution is 0.394. The van der Waals surface area contributed by atoms with Crippen molar-refractivity contribution in [1.82, 2.24) is 10.2 Å². The van der Waals surface area contributed by atoms with E-state index in [1.54, 1.807) is 0 Å². The van der Waals surface area contributed by atoms with Crippen LogP contribution in [0.15, 0.2) is 0 Å². The summed E-state index contributed by atoms with van der Waals surface area (Å²) < 4.78 is 0. The molecule has 2 unspecified atom stereocenters. The molecular formula is C10H17N3S2. The Kier molecular flexibility index (Phi) is 3.86. The summed E-state index contributed by atoms with van der Waals surface area (Å²) in [7, 11) is 0. The lowest BCUT2D eigenvalue weighted by atomic mass is 9.91. The van der Waals surface area contributed by atoms with Crippen LogP contribution in [-0.2, 0) is 5.75 Å². The molecule has 2 atom stereocenters. The molecule has 0 spiro atoms. The number of nitrogens with zero attached hydrogens (tertiary/aromatic N) is 2. The van der Waals surface area contributed by atoms with Crippen molar-refractivity contribution in [2.45, 2.75) is 43.6 Å². The van der Waals surface area contributed by atoms with Crippen LogP contribution in [0.3, 0.4) is 0 Å². The van der Waals surface area contributed by atoms with E-state index >= 15 is 0 Å². The van der Waals surface area contributed by atoms with Crippen molar-refractivity contribution < 1.29 is 0 Å². The van der Waals surface area contributed by atoms with Gasteiger partial charge in [-0.25, -0.2) is 0 Å². The minimum absolute atomic E-state index is 0.586. The summed E-state index contributed by atoms with van der Waals surface area (Å²) in [5.74, 6) is 1.88. The molecule has 84 valence electrons. The highest BCUT2D eigenvalue weighted by Crippen LogP contribution is 2.33. The molecule has 1 fully saturated rings. The van der Waals surface area contributed by atoms with Crippen LogP contribution in [0, 0.1) is 5.92 Å². The Balaban J connectivity index is 1.77. The highest BCUT2D eigenvalue weighted by atomic mass is 32.2. The molecule has 1 heterocycles. The fraction of sp³-hybridized carbons (Fsp3) is 0.800. The molecule has 1 aliphatic carbocycles. The summed E-state index contributed by atoms with van der Waals surface area (Å²) in [5.41, 5.74) is 5.55. The number of hydrogen-bond acceptors (Lipinski definition) is 5. The molecule has 2 N–H and O–H groups in total. The Morgan fingerprint density at radius 3 is 3.00 bits per heavy atom. The van der Waals surface area contributed by atoms with Gasteiger partial charge in [0.1, 0.15) is 5.01 Å². The highest BCUT2D eigenvalue weighted by molar-refractivity contribution is 7.99. The van der Waals surface area contributed by atoms with Crippen molar-refractivity contribution in [2.75, 3.05) is 5.73 Å². The monoisotopic (exact) mass is 243 g/mol. The van der Waals surface area contributed by atoms with Crippen LogP contribution in [0.2, 0.25) is 0 Å². The van der Waals surface area contributed by atoms with E-state index in [0.717, 1.165) is 21.9 Å². The van der Waals surface area contributed by atoms with E-state index in [0.29, 0.717) is 5.13 Å². The first kappa shape index (κ1) is 11.2. The summed E-state index contributed by atoms with van der Waals surface area (Å²) in [6.07, 6.45) is 5.52. The van der Waals surface area contributed by atoms with E-state index < -0.39 is 0 Å². The summed E-state index contributed by atoms with van der Waals surface area (Å²) in [5, 5.41) is 10.3. The number of anilines is 1. The highest BCUT2D eigenvalue weighted by Gasteiger charge is 2.19. The zero-order chi connectivity index (χ0) is 10.7. The molecule has 1 saturated carbocycles. The Hall–Kier alpha value is -0.290. The quantitative estimate of drug-likeness (QED) is 0.887. The SMILES string of the molecule is CC1CCCC(SCc2nnc(N)s2)C1. The fourth-order valence-corrected chi connectivity index (χ4v) is 4.12. The Labute approximate surface area is 98.9 Å². The second kappa shape index (κ2) is 5.16. The topological polar surface area (TPSA) is 51.8 Å². The maximum atomic E-state index is 5.55. The zero-order valence-electron chi connectivity index (χ0n) is 8.98. The molecule has 5 heteroatoms. The lowest BCUT2D eigenvalue weighted by Gasteiger charge is -2.25. The third-order valence-electron chi connectivity index (χ3n) is 2.81. The predicted molar refractivity (Wildman–Crippen MR) is 67.0 cm³/mol. The van der Waals surface area contributed by atoms with Crippen LogP contribution in [-0.4, -0.2) is 15.4 Å². The Morgan fingerprint density at radius 1 is 1.47 bits per heavy atom. The van der Waals surface area contributed by atoms with Crippen LogP contribution in [0.5, 0.6) is 0 Å². The average molecular weight is 243 g/mol. The number of hydrogen-bond donors (Lipinski definition) is 1.